The molecule has 2 aromatic rings. The Morgan fingerprint density at radius 3 is 2.64 bits per heavy atom. The number of amides is 2. The van der Waals surface area contributed by atoms with Crippen LogP contribution in [0.4, 0.5) is 11.4 Å². The quantitative estimate of drug-likeness (QED) is 0.892. The molecule has 0 spiro atoms. The van der Waals surface area contributed by atoms with Crippen molar-refractivity contribution in [1.29, 1.82) is 0 Å². The average Bonchev–Trinajstić information content (AvgIpc) is 2.62. The fourth-order valence-corrected chi connectivity index (χ4v) is 3.24. The largest absolute Gasteiger partial charge is 0.326 e. The van der Waals surface area contributed by atoms with Gasteiger partial charge in [-0.05, 0) is 54.3 Å². The molecular weight excluding hydrogens is 336 g/mol. The van der Waals surface area contributed by atoms with Gasteiger partial charge in [-0.2, -0.15) is 0 Å². The maximum absolute atomic E-state index is 12.2. The monoisotopic (exact) mass is 356 g/mol. The van der Waals surface area contributed by atoms with Crippen LogP contribution in [0.25, 0.3) is 0 Å². The maximum Gasteiger partial charge on any atom is 0.228 e. The number of aryl methyl sites for hydroxylation is 1. The highest BCUT2D eigenvalue weighted by atomic mass is 35.5. The van der Waals surface area contributed by atoms with E-state index in [-0.39, 0.29) is 11.8 Å². The fourth-order valence-electron chi connectivity index (χ4n) is 3.12. The van der Waals surface area contributed by atoms with Gasteiger partial charge in [0.25, 0.3) is 0 Å². The van der Waals surface area contributed by atoms with E-state index >= 15 is 0 Å². The van der Waals surface area contributed by atoms with Gasteiger partial charge in [-0.25, -0.2) is 0 Å². The predicted octanol–water partition coefficient (Wildman–Crippen LogP) is 4.21. The van der Waals surface area contributed by atoms with E-state index < -0.39 is 0 Å². The van der Waals surface area contributed by atoms with E-state index in [0.717, 1.165) is 41.9 Å². The molecule has 0 radical (unpaired) electrons. The van der Waals surface area contributed by atoms with E-state index in [0.29, 0.717) is 17.9 Å². The summed E-state index contributed by atoms with van der Waals surface area (Å²) < 4.78 is 0. The third-order valence-electron chi connectivity index (χ3n) is 4.36. The third kappa shape index (κ3) is 4.20. The first-order chi connectivity index (χ1) is 12.1. The summed E-state index contributed by atoms with van der Waals surface area (Å²) in [4.78, 5) is 26.2. The molecule has 0 fully saturated rings. The Labute approximate surface area is 152 Å². The third-order valence-corrected chi connectivity index (χ3v) is 4.62. The molecule has 3 rings (SSSR count). The molecule has 2 aromatic carbocycles. The fraction of sp³-hybridized carbons (Fsp3) is 0.300. The first-order valence-corrected chi connectivity index (χ1v) is 8.92. The Bertz CT molecular complexity index is 787. The molecule has 2 amide bonds. The maximum atomic E-state index is 12.2. The SMILES string of the molecule is CCC(=O)N1CCCc2cc(NC(=O)Cc3ccc(Cl)cc3)ccc21. The van der Waals surface area contributed by atoms with Crippen molar-refractivity contribution >= 4 is 34.8 Å². The second-order valence-corrected chi connectivity index (χ2v) is 6.63. The minimum atomic E-state index is -0.0698. The number of carbonyl (C=O) groups excluding carboxylic acids is 2. The van der Waals surface area contributed by atoms with Crippen molar-refractivity contribution in [1.82, 2.24) is 0 Å². The molecule has 4 nitrogen and oxygen atoms in total. The molecule has 1 N–H and O–H groups in total. The number of hydrogen-bond donors (Lipinski definition) is 1. The molecular formula is C20H21ClN2O2. The standard InChI is InChI=1S/C20H21ClN2O2/c1-2-20(25)23-11-3-4-15-13-17(9-10-18(15)23)22-19(24)12-14-5-7-16(21)8-6-14/h5-10,13H,2-4,11-12H2,1H3,(H,22,24). The summed E-state index contributed by atoms with van der Waals surface area (Å²) in [6.07, 6.45) is 2.67. The zero-order chi connectivity index (χ0) is 17.8. The zero-order valence-corrected chi connectivity index (χ0v) is 15.0. The van der Waals surface area contributed by atoms with Crippen LogP contribution in [0.15, 0.2) is 42.5 Å². The number of nitrogens with one attached hydrogen (secondary N) is 1. The predicted molar refractivity (Wildman–Crippen MR) is 101 cm³/mol. The normalized spacial score (nSPS) is 13.3. The summed E-state index contributed by atoms with van der Waals surface area (Å²) in [6.45, 7) is 2.64. The topological polar surface area (TPSA) is 49.4 Å². The molecule has 0 aromatic heterocycles. The van der Waals surface area contributed by atoms with E-state index in [4.69, 9.17) is 11.6 Å². The van der Waals surface area contributed by atoms with Gasteiger partial charge in [0, 0.05) is 29.4 Å². The molecule has 130 valence electrons. The Balaban J connectivity index is 1.70. The Kier molecular flexibility index (Phi) is 5.39. The summed E-state index contributed by atoms with van der Waals surface area (Å²) in [5.74, 6) is 0.0695. The summed E-state index contributed by atoms with van der Waals surface area (Å²) in [7, 11) is 0. The lowest BCUT2D eigenvalue weighted by molar-refractivity contribution is -0.118. The molecule has 0 atom stereocenters. The Morgan fingerprint density at radius 1 is 1.16 bits per heavy atom. The summed E-state index contributed by atoms with van der Waals surface area (Å²) >= 11 is 5.86. The number of halogens is 1. The van der Waals surface area contributed by atoms with Crippen LogP contribution in [0.5, 0.6) is 0 Å². The molecule has 5 heteroatoms. The minimum absolute atomic E-state index is 0.0698. The summed E-state index contributed by atoms with van der Waals surface area (Å²) in [6, 6.07) is 13.0. The van der Waals surface area contributed by atoms with Gasteiger partial charge < -0.3 is 10.2 Å². The first kappa shape index (κ1) is 17.5. The average molecular weight is 357 g/mol. The highest BCUT2D eigenvalue weighted by Crippen LogP contribution is 2.30. The van der Waals surface area contributed by atoms with Gasteiger partial charge in [-0.3, -0.25) is 9.59 Å². The number of hydrogen-bond acceptors (Lipinski definition) is 2. The second kappa shape index (κ2) is 7.70. The molecule has 1 aliphatic heterocycles. The second-order valence-electron chi connectivity index (χ2n) is 6.20. The molecule has 0 unspecified atom stereocenters. The Hall–Kier alpha value is -2.33. The zero-order valence-electron chi connectivity index (χ0n) is 14.2. The van der Waals surface area contributed by atoms with Crippen molar-refractivity contribution < 1.29 is 9.59 Å². The van der Waals surface area contributed by atoms with Crippen LogP contribution in [0.1, 0.15) is 30.9 Å². The van der Waals surface area contributed by atoms with Gasteiger partial charge in [0.1, 0.15) is 0 Å². The van der Waals surface area contributed by atoms with Gasteiger partial charge in [-0.1, -0.05) is 30.7 Å². The van der Waals surface area contributed by atoms with Gasteiger partial charge >= 0.3 is 0 Å². The van der Waals surface area contributed by atoms with Crippen LogP contribution >= 0.6 is 11.6 Å². The first-order valence-electron chi connectivity index (χ1n) is 8.54. The molecule has 0 saturated heterocycles. The van der Waals surface area contributed by atoms with Crippen LogP contribution in [0, 0.1) is 0 Å². The lowest BCUT2D eigenvalue weighted by Gasteiger charge is -2.29. The van der Waals surface area contributed by atoms with E-state index in [1.807, 2.05) is 42.2 Å². The summed E-state index contributed by atoms with van der Waals surface area (Å²) in [5, 5.41) is 3.60. The molecule has 1 aliphatic rings. The number of anilines is 2. The van der Waals surface area contributed by atoms with Crippen molar-refractivity contribution in [3.05, 3.63) is 58.6 Å². The Morgan fingerprint density at radius 2 is 1.92 bits per heavy atom. The van der Waals surface area contributed by atoms with Crippen molar-refractivity contribution in [3.8, 4) is 0 Å². The van der Waals surface area contributed by atoms with Crippen molar-refractivity contribution in [2.24, 2.45) is 0 Å². The van der Waals surface area contributed by atoms with E-state index in [1.54, 1.807) is 12.1 Å². The molecule has 0 aliphatic carbocycles. The molecule has 0 saturated carbocycles. The van der Waals surface area contributed by atoms with Crippen molar-refractivity contribution in [2.75, 3.05) is 16.8 Å². The summed E-state index contributed by atoms with van der Waals surface area (Å²) in [5.41, 5.74) is 3.76. The number of benzene rings is 2. The van der Waals surface area contributed by atoms with E-state index in [9.17, 15) is 9.59 Å². The van der Waals surface area contributed by atoms with Crippen LogP contribution in [0.2, 0.25) is 5.02 Å². The minimum Gasteiger partial charge on any atom is -0.326 e. The number of nitrogens with zero attached hydrogens (tertiary/aromatic N) is 1. The van der Waals surface area contributed by atoms with Crippen LogP contribution in [-0.4, -0.2) is 18.4 Å². The van der Waals surface area contributed by atoms with Crippen molar-refractivity contribution in [2.45, 2.75) is 32.6 Å². The van der Waals surface area contributed by atoms with E-state index in [1.165, 1.54) is 0 Å². The van der Waals surface area contributed by atoms with Gasteiger partial charge in [0.2, 0.25) is 11.8 Å². The lowest BCUT2D eigenvalue weighted by Crippen LogP contribution is -2.34. The van der Waals surface area contributed by atoms with Crippen LogP contribution in [-0.2, 0) is 22.4 Å². The van der Waals surface area contributed by atoms with Gasteiger partial charge in [0.05, 0.1) is 6.42 Å². The van der Waals surface area contributed by atoms with Gasteiger partial charge in [0.15, 0.2) is 0 Å². The highest BCUT2D eigenvalue weighted by molar-refractivity contribution is 6.30. The lowest BCUT2D eigenvalue weighted by atomic mass is 10.0. The van der Waals surface area contributed by atoms with Crippen molar-refractivity contribution in [3.63, 3.8) is 0 Å². The molecule has 25 heavy (non-hydrogen) atoms. The number of rotatable bonds is 4. The molecule has 0 bridgehead atoms. The molecule has 1 heterocycles. The van der Waals surface area contributed by atoms with Crippen LogP contribution < -0.4 is 10.2 Å². The van der Waals surface area contributed by atoms with E-state index in [2.05, 4.69) is 5.32 Å². The number of fused-ring (bicyclic) bond motifs is 1. The highest BCUT2D eigenvalue weighted by Gasteiger charge is 2.21. The number of carbonyl (C=O) groups is 2. The van der Waals surface area contributed by atoms with Crippen LogP contribution in [0.3, 0.4) is 0 Å². The smallest absolute Gasteiger partial charge is 0.228 e. The van der Waals surface area contributed by atoms with Gasteiger partial charge in [-0.15, -0.1) is 0 Å².